The van der Waals surface area contributed by atoms with Gasteiger partial charge in [0, 0.05) is 5.69 Å². The number of nitriles is 1. The van der Waals surface area contributed by atoms with Gasteiger partial charge in [0.15, 0.2) is 11.5 Å². The molecular weight excluding hydrogens is 502 g/mol. The molecule has 0 atom stereocenters. The first-order valence-corrected chi connectivity index (χ1v) is 13.3. The SMILES string of the molecule is CCOc1cc(/C=C(/C#N)C(=O)Nc2ccc(S(N)(=O)=O)cc2)ccc1OCc1cccc2ccccc12. The number of hydrogen-bond acceptors (Lipinski definition) is 6. The third kappa shape index (κ3) is 6.37. The maximum Gasteiger partial charge on any atom is 0.266 e. The van der Waals surface area contributed by atoms with E-state index in [1.165, 1.54) is 30.3 Å². The molecule has 0 aliphatic carbocycles. The summed E-state index contributed by atoms with van der Waals surface area (Å²) in [4.78, 5) is 12.6. The van der Waals surface area contributed by atoms with Crippen molar-refractivity contribution < 1.29 is 22.7 Å². The normalized spacial score (nSPS) is 11.6. The van der Waals surface area contributed by atoms with Crippen molar-refractivity contribution >= 4 is 38.5 Å². The zero-order valence-corrected chi connectivity index (χ0v) is 21.4. The van der Waals surface area contributed by atoms with Gasteiger partial charge in [-0.25, -0.2) is 13.6 Å². The highest BCUT2D eigenvalue weighted by Crippen LogP contribution is 2.31. The highest BCUT2D eigenvalue weighted by Gasteiger charge is 2.13. The second-order valence-corrected chi connectivity index (χ2v) is 9.82. The molecule has 0 radical (unpaired) electrons. The van der Waals surface area contributed by atoms with E-state index in [-0.39, 0.29) is 10.5 Å². The lowest BCUT2D eigenvalue weighted by Crippen LogP contribution is -2.14. The number of rotatable bonds is 9. The predicted molar refractivity (Wildman–Crippen MR) is 146 cm³/mol. The molecule has 0 heterocycles. The Labute approximate surface area is 221 Å². The first-order chi connectivity index (χ1) is 18.3. The van der Waals surface area contributed by atoms with Crippen LogP contribution in [0.15, 0.2) is 95.4 Å². The zero-order chi connectivity index (χ0) is 27.1. The van der Waals surface area contributed by atoms with Crippen molar-refractivity contribution in [2.24, 2.45) is 5.14 Å². The van der Waals surface area contributed by atoms with Crippen LogP contribution in [0.4, 0.5) is 5.69 Å². The van der Waals surface area contributed by atoms with E-state index in [4.69, 9.17) is 14.6 Å². The van der Waals surface area contributed by atoms with Crippen LogP contribution in [0, 0.1) is 11.3 Å². The monoisotopic (exact) mass is 527 g/mol. The van der Waals surface area contributed by atoms with Gasteiger partial charge in [-0.15, -0.1) is 0 Å². The van der Waals surface area contributed by atoms with Crippen molar-refractivity contribution in [3.63, 3.8) is 0 Å². The number of primary sulfonamides is 1. The van der Waals surface area contributed by atoms with Crippen molar-refractivity contribution in [1.82, 2.24) is 0 Å². The quantitative estimate of drug-likeness (QED) is 0.232. The van der Waals surface area contributed by atoms with Gasteiger partial charge in [-0.3, -0.25) is 4.79 Å². The van der Waals surface area contributed by atoms with Crippen LogP contribution in [0.1, 0.15) is 18.1 Å². The molecule has 4 aromatic carbocycles. The number of fused-ring (bicyclic) bond motifs is 1. The van der Waals surface area contributed by atoms with Gasteiger partial charge in [-0.05, 0) is 71.3 Å². The molecule has 0 saturated carbocycles. The fourth-order valence-corrected chi connectivity index (χ4v) is 4.33. The Morgan fingerprint density at radius 1 is 0.974 bits per heavy atom. The summed E-state index contributed by atoms with van der Waals surface area (Å²) in [5.41, 5.74) is 1.78. The van der Waals surface area contributed by atoms with E-state index in [1.54, 1.807) is 18.2 Å². The number of amides is 1. The Morgan fingerprint density at radius 3 is 2.42 bits per heavy atom. The van der Waals surface area contributed by atoms with Crippen molar-refractivity contribution in [3.05, 3.63) is 102 Å². The number of nitrogens with one attached hydrogen (secondary N) is 1. The molecule has 0 aliphatic rings. The Bertz CT molecular complexity index is 1650. The minimum Gasteiger partial charge on any atom is -0.490 e. The largest absolute Gasteiger partial charge is 0.490 e. The first-order valence-electron chi connectivity index (χ1n) is 11.7. The van der Waals surface area contributed by atoms with Gasteiger partial charge < -0.3 is 14.8 Å². The number of ether oxygens (including phenoxy) is 2. The van der Waals surface area contributed by atoms with E-state index in [2.05, 4.69) is 5.32 Å². The molecule has 0 aliphatic heterocycles. The summed E-state index contributed by atoms with van der Waals surface area (Å²) in [5, 5.41) is 19.5. The third-order valence-electron chi connectivity index (χ3n) is 5.65. The number of nitrogens with two attached hydrogens (primary N) is 1. The summed E-state index contributed by atoms with van der Waals surface area (Å²) >= 11 is 0. The predicted octanol–water partition coefficient (Wildman–Crippen LogP) is 5.01. The number of carbonyl (C=O) groups excluding carboxylic acids is 1. The number of anilines is 1. The van der Waals surface area contributed by atoms with Crippen LogP contribution in [-0.4, -0.2) is 20.9 Å². The average molecular weight is 528 g/mol. The molecule has 8 nitrogen and oxygen atoms in total. The second-order valence-electron chi connectivity index (χ2n) is 8.26. The van der Waals surface area contributed by atoms with Crippen LogP contribution in [0.25, 0.3) is 16.8 Å². The van der Waals surface area contributed by atoms with Crippen molar-refractivity contribution in [1.29, 1.82) is 5.26 Å². The van der Waals surface area contributed by atoms with E-state index in [0.717, 1.165) is 16.3 Å². The summed E-state index contributed by atoms with van der Waals surface area (Å²) in [5.74, 6) is 0.373. The molecule has 4 aromatic rings. The van der Waals surface area contributed by atoms with Gasteiger partial charge in [0.2, 0.25) is 10.0 Å². The second kappa shape index (κ2) is 11.6. The topological polar surface area (TPSA) is 132 Å². The number of benzene rings is 4. The standard InChI is InChI=1S/C29H25N3O5S/c1-2-36-28-17-20(10-15-27(28)37-19-22-8-5-7-21-6-3-4-9-26(21)22)16-23(18-30)29(33)32-24-11-13-25(14-12-24)38(31,34)35/h3-17H,2,19H2,1H3,(H,32,33)(H2,31,34,35)/b23-16-. The molecule has 9 heteroatoms. The third-order valence-corrected chi connectivity index (χ3v) is 6.58. The van der Waals surface area contributed by atoms with Crippen LogP contribution >= 0.6 is 0 Å². The minimum absolute atomic E-state index is 0.0854. The van der Waals surface area contributed by atoms with Crippen molar-refractivity contribution in [2.75, 3.05) is 11.9 Å². The molecule has 38 heavy (non-hydrogen) atoms. The molecule has 0 fully saturated rings. The Hall–Kier alpha value is -4.65. The van der Waals surface area contributed by atoms with Crippen LogP contribution in [0.3, 0.4) is 0 Å². The molecular formula is C29H25N3O5S. The number of hydrogen-bond donors (Lipinski definition) is 2. The van der Waals surface area contributed by atoms with Gasteiger partial charge in [0.1, 0.15) is 18.2 Å². The van der Waals surface area contributed by atoms with E-state index in [1.807, 2.05) is 55.5 Å². The lowest BCUT2D eigenvalue weighted by molar-refractivity contribution is -0.112. The molecule has 192 valence electrons. The summed E-state index contributed by atoms with van der Waals surface area (Å²) in [6, 6.07) is 26.5. The van der Waals surface area contributed by atoms with Crippen LogP contribution < -0.4 is 19.9 Å². The fraction of sp³-hybridized carbons (Fsp3) is 0.103. The Morgan fingerprint density at radius 2 is 1.71 bits per heavy atom. The zero-order valence-electron chi connectivity index (χ0n) is 20.5. The van der Waals surface area contributed by atoms with Gasteiger partial charge in [0.05, 0.1) is 11.5 Å². The van der Waals surface area contributed by atoms with Crippen LogP contribution in [0.2, 0.25) is 0 Å². The molecule has 1 amide bonds. The van der Waals surface area contributed by atoms with Gasteiger partial charge >= 0.3 is 0 Å². The number of carbonyl (C=O) groups is 1. The van der Waals surface area contributed by atoms with E-state index in [0.29, 0.717) is 36.0 Å². The molecule has 3 N–H and O–H groups in total. The van der Waals surface area contributed by atoms with Gasteiger partial charge in [-0.2, -0.15) is 5.26 Å². The van der Waals surface area contributed by atoms with E-state index in [9.17, 15) is 18.5 Å². The molecule has 0 saturated heterocycles. The van der Waals surface area contributed by atoms with Crippen molar-refractivity contribution in [2.45, 2.75) is 18.4 Å². The highest BCUT2D eigenvalue weighted by atomic mass is 32.2. The number of nitrogens with zero attached hydrogens (tertiary/aromatic N) is 1. The van der Waals surface area contributed by atoms with Crippen molar-refractivity contribution in [3.8, 4) is 17.6 Å². The first kappa shape index (κ1) is 26.4. The smallest absolute Gasteiger partial charge is 0.266 e. The van der Waals surface area contributed by atoms with Crippen LogP contribution in [0.5, 0.6) is 11.5 Å². The maximum absolute atomic E-state index is 12.7. The number of sulfonamides is 1. The minimum atomic E-state index is -3.85. The highest BCUT2D eigenvalue weighted by molar-refractivity contribution is 7.89. The molecule has 4 rings (SSSR count). The lowest BCUT2D eigenvalue weighted by Gasteiger charge is -2.14. The fourth-order valence-electron chi connectivity index (χ4n) is 3.82. The molecule has 0 aromatic heterocycles. The van der Waals surface area contributed by atoms with Gasteiger partial charge in [-0.1, -0.05) is 48.5 Å². The van der Waals surface area contributed by atoms with E-state index >= 15 is 0 Å². The van der Waals surface area contributed by atoms with Crippen LogP contribution in [-0.2, 0) is 21.4 Å². The average Bonchev–Trinajstić information content (AvgIpc) is 2.91. The summed E-state index contributed by atoms with van der Waals surface area (Å²) in [7, 11) is -3.85. The maximum atomic E-state index is 12.7. The Balaban J connectivity index is 1.52. The molecule has 0 unspecified atom stereocenters. The van der Waals surface area contributed by atoms with Gasteiger partial charge in [0.25, 0.3) is 5.91 Å². The summed E-state index contributed by atoms with van der Waals surface area (Å²) < 4.78 is 34.7. The summed E-state index contributed by atoms with van der Waals surface area (Å²) in [6.45, 7) is 2.59. The summed E-state index contributed by atoms with van der Waals surface area (Å²) in [6.07, 6.45) is 1.44. The van der Waals surface area contributed by atoms with E-state index < -0.39 is 15.9 Å². The molecule has 0 spiro atoms. The lowest BCUT2D eigenvalue weighted by atomic mass is 10.1. The molecule has 0 bridgehead atoms. The Kier molecular flexibility index (Phi) is 8.06.